The van der Waals surface area contributed by atoms with Crippen LogP contribution in [0.3, 0.4) is 0 Å². The van der Waals surface area contributed by atoms with Crippen LogP contribution in [0.2, 0.25) is 0 Å². The minimum absolute atomic E-state index is 0.240. The molecule has 0 aromatic heterocycles. The molecule has 39 heavy (non-hydrogen) atoms. The molecule has 2 aliphatic heterocycles. The first-order valence-electron chi connectivity index (χ1n) is 13.2. The Morgan fingerprint density at radius 2 is 1.69 bits per heavy atom. The summed E-state index contributed by atoms with van der Waals surface area (Å²) in [6.07, 6.45) is 0.849. The molecule has 8 heteroatoms. The monoisotopic (exact) mass is 528 g/mol. The quantitative estimate of drug-likeness (QED) is 0.343. The van der Waals surface area contributed by atoms with Crippen molar-refractivity contribution < 1.29 is 18.7 Å². The summed E-state index contributed by atoms with van der Waals surface area (Å²) in [6.45, 7) is 5.13. The predicted molar refractivity (Wildman–Crippen MR) is 150 cm³/mol. The van der Waals surface area contributed by atoms with Crippen LogP contribution in [0.15, 0.2) is 71.7 Å². The maximum atomic E-state index is 13.9. The smallest absolute Gasteiger partial charge is 0.305 e. The number of halogens is 1. The zero-order valence-corrected chi connectivity index (χ0v) is 22.3. The molecule has 3 aromatic carbocycles. The van der Waals surface area contributed by atoms with Crippen LogP contribution in [-0.2, 0) is 27.3 Å². The molecule has 5 rings (SSSR count). The second-order valence-electron chi connectivity index (χ2n) is 10.2. The summed E-state index contributed by atoms with van der Waals surface area (Å²) in [4.78, 5) is 34.4. The fourth-order valence-corrected chi connectivity index (χ4v) is 5.07. The lowest BCUT2D eigenvalue weighted by molar-refractivity contribution is -0.140. The number of piperazine rings is 1. The molecule has 3 aromatic rings. The number of hydrogen-bond acceptors (Lipinski definition) is 6. The summed E-state index contributed by atoms with van der Waals surface area (Å²) in [5.74, 6) is -1.58. The second-order valence-corrected chi connectivity index (χ2v) is 10.2. The fourth-order valence-electron chi connectivity index (χ4n) is 5.07. The van der Waals surface area contributed by atoms with Crippen molar-refractivity contribution in [2.45, 2.75) is 25.3 Å². The predicted octanol–water partition coefficient (Wildman–Crippen LogP) is 4.54. The van der Waals surface area contributed by atoms with Gasteiger partial charge in [-0.3, -0.25) is 19.5 Å². The normalized spacial score (nSPS) is 18.1. The van der Waals surface area contributed by atoms with E-state index in [0.29, 0.717) is 29.8 Å². The van der Waals surface area contributed by atoms with Crippen molar-refractivity contribution in [3.05, 3.63) is 94.8 Å². The topological polar surface area (TPSA) is 74.2 Å². The first-order chi connectivity index (χ1) is 18.9. The Hall–Kier alpha value is -3.88. The molecule has 7 nitrogen and oxygen atoms in total. The Morgan fingerprint density at radius 3 is 2.38 bits per heavy atom. The van der Waals surface area contributed by atoms with Crippen LogP contribution in [0.1, 0.15) is 34.6 Å². The van der Waals surface area contributed by atoms with Gasteiger partial charge in [0.1, 0.15) is 11.7 Å². The van der Waals surface area contributed by atoms with Crippen molar-refractivity contribution >= 4 is 29.0 Å². The van der Waals surface area contributed by atoms with Crippen LogP contribution in [0.4, 0.5) is 15.8 Å². The number of aryl methyl sites for hydroxylation is 1. The third-order valence-electron chi connectivity index (χ3n) is 7.40. The SMILES string of the molecule is COC(=O)CCc1ccc(C(=Nc2ccc(CN3CCN(C)CC3)cc2)C2C(=O)Nc3cc(F)ccc32)cc1. The molecule has 1 saturated heterocycles. The van der Waals surface area contributed by atoms with Crippen LogP contribution < -0.4 is 5.32 Å². The van der Waals surface area contributed by atoms with Crippen molar-refractivity contribution in [2.24, 2.45) is 4.99 Å². The van der Waals surface area contributed by atoms with Crippen LogP contribution in [0.25, 0.3) is 0 Å². The van der Waals surface area contributed by atoms with Crippen molar-refractivity contribution in [1.29, 1.82) is 0 Å². The number of nitrogens with zero attached hydrogens (tertiary/aromatic N) is 3. The van der Waals surface area contributed by atoms with Crippen LogP contribution in [0, 0.1) is 5.82 Å². The van der Waals surface area contributed by atoms with E-state index in [1.165, 1.54) is 24.8 Å². The molecular weight excluding hydrogens is 495 g/mol. The summed E-state index contributed by atoms with van der Waals surface area (Å²) in [7, 11) is 3.53. The molecule has 1 N–H and O–H groups in total. The third-order valence-corrected chi connectivity index (χ3v) is 7.40. The molecule has 0 saturated carbocycles. The van der Waals surface area contributed by atoms with E-state index in [4.69, 9.17) is 9.73 Å². The van der Waals surface area contributed by atoms with E-state index in [1.54, 1.807) is 6.07 Å². The van der Waals surface area contributed by atoms with E-state index in [9.17, 15) is 14.0 Å². The summed E-state index contributed by atoms with van der Waals surface area (Å²) in [5, 5.41) is 2.81. The zero-order valence-electron chi connectivity index (χ0n) is 22.3. The minimum Gasteiger partial charge on any atom is -0.469 e. The highest BCUT2D eigenvalue weighted by atomic mass is 19.1. The van der Waals surface area contributed by atoms with Crippen LogP contribution in [-0.4, -0.2) is 67.7 Å². The molecule has 1 amide bonds. The molecule has 0 aliphatic carbocycles. The molecule has 2 aliphatic rings. The lowest BCUT2D eigenvalue weighted by Gasteiger charge is -2.32. The Kier molecular flexibility index (Phi) is 8.14. The number of benzene rings is 3. The minimum atomic E-state index is -0.675. The number of ether oxygens (including phenoxy) is 1. The van der Waals surface area contributed by atoms with Gasteiger partial charge in [0.05, 0.1) is 18.5 Å². The van der Waals surface area contributed by atoms with Gasteiger partial charge in [-0.2, -0.15) is 0 Å². The van der Waals surface area contributed by atoms with Gasteiger partial charge in [0.25, 0.3) is 0 Å². The molecule has 0 radical (unpaired) electrons. The molecular formula is C31H33FN4O3. The van der Waals surface area contributed by atoms with Crippen LogP contribution in [0.5, 0.6) is 0 Å². The van der Waals surface area contributed by atoms with E-state index < -0.39 is 11.7 Å². The van der Waals surface area contributed by atoms with Gasteiger partial charge in [0.2, 0.25) is 5.91 Å². The maximum Gasteiger partial charge on any atom is 0.305 e. The van der Waals surface area contributed by atoms with Crippen molar-refractivity contribution in [1.82, 2.24) is 9.80 Å². The number of hydrogen-bond donors (Lipinski definition) is 1. The van der Waals surface area contributed by atoms with Crippen molar-refractivity contribution in [3.8, 4) is 0 Å². The second kappa shape index (κ2) is 11.9. The van der Waals surface area contributed by atoms with E-state index in [-0.39, 0.29) is 11.9 Å². The zero-order chi connectivity index (χ0) is 27.4. The molecule has 1 atom stereocenters. The largest absolute Gasteiger partial charge is 0.469 e. The molecule has 0 spiro atoms. The Balaban J connectivity index is 1.43. The van der Waals surface area contributed by atoms with Crippen LogP contribution >= 0.6 is 0 Å². The first kappa shape index (κ1) is 26.7. The number of nitrogens with one attached hydrogen (secondary N) is 1. The van der Waals surface area contributed by atoms with Gasteiger partial charge in [0.15, 0.2) is 0 Å². The highest BCUT2D eigenvalue weighted by Crippen LogP contribution is 2.37. The average Bonchev–Trinajstić information content (AvgIpc) is 3.27. The number of aliphatic imine (C=N–C) groups is 1. The van der Waals surface area contributed by atoms with E-state index >= 15 is 0 Å². The lowest BCUT2D eigenvalue weighted by atomic mass is 9.90. The van der Waals surface area contributed by atoms with Gasteiger partial charge in [0, 0.05) is 44.8 Å². The molecule has 1 unspecified atom stereocenters. The Labute approximate surface area is 228 Å². The number of anilines is 1. The summed E-state index contributed by atoms with van der Waals surface area (Å²) < 4.78 is 18.6. The van der Waals surface area contributed by atoms with Gasteiger partial charge in [-0.05, 0) is 60.0 Å². The van der Waals surface area contributed by atoms with E-state index in [1.807, 2.05) is 36.4 Å². The summed E-state index contributed by atoms with van der Waals surface area (Å²) in [6, 6.07) is 20.2. The molecule has 2 heterocycles. The standard InChI is InChI=1S/C31H33FN4O3/c1-35-15-17-36(18-16-35)20-22-5-11-25(12-6-22)33-30(23-8-3-21(4-9-23)7-14-28(37)39-2)29-26-13-10-24(32)19-27(26)34-31(29)38/h3-6,8-13,19,29H,7,14-18,20H2,1-2H3,(H,34,38). The van der Waals surface area contributed by atoms with Gasteiger partial charge in [-0.25, -0.2) is 4.39 Å². The number of carbonyl (C=O) groups is 2. The highest BCUT2D eigenvalue weighted by molar-refractivity contribution is 6.24. The number of amides is 1. The maximum absolute atomic E-state index is 13.9. The van der Waals surface area contributed by atoms with Crippen molar-refractivity contribution in [2.75, 3.05) is 45.7 Å². The highest BCUT2D eigenvalue weighted by Gasteiger charge is 2.35. The van der Waals surface area contributed by atoms with Gasteiger partial charge < -0.3 is 15.0 Å². The van der Waals surface area contributed by atoms with E-state index in [2.05, 4.69) is 34.3 Å². The van der Waals surface area contributed by atoms with E-state index in [0.717, 1.165) is 49.5 Å². The number of fused-ring (bicyclic) bond motifs is 1. The summed E-state index contributed by atoms with van der Waals surface area (Å²) in [5.41, 5.74) is 5.48. The molecule has 0 bridgehead atoms. The van der Waals surface area contributed by atoms with Gasteiger partial charge >= 0.3 is 5.97 Å². The fraction of sp³-hybridized carbons (Fsp3) is 0.323. The number of rotatable bonds is 8. The van der Waals surface area contributed by atoms with Gasteiger partial charge in [-0.1, -0.05) is 42.5 Å². The molecule has 1 fully saturated rings. The number of esters is 1. The lowest BCUT2D eigenvalue weighted by Crippen LogP contribution is -2.43. The Morgan fingerprint density at radius 1 is 1.00 bits per heavy atom. The third kappa shape index (κ3) is 6.41. The van der Waals surface area contributed by atoms with Gasteiger partial charge in [-0.15, -0.1) is 0 Å². The number of likely N-dealkylation sites (N-methyl/N-ethyl adjacent to an activating group) is 1. The average molecular weight is 529 g/mol. The molecule has 202 valence electrons. The number of carbonyl (C=O) groups excluding carboxylic acids is 2. The number of methoxy groups -OCH3 is 1. The summed E-state index contributed by atoms with van der Waals surface area (Å²) >= 11 is 0. The first-order valence-corrected chi connectivity index (χ1v) is 13.2. The van der Waals surface area contributed by atoms with Crippen molar-refractivity contribution in [3.63, 3.8) is 0 Å². The Bertz CT molecular complexity index is 1360.